The molecule has 2 aromatic rings. The molecule has 11 nitrogen and oxygen atoms in total. The van der Waals surface area contributed by atoms with Crippen molar-refractivity contribution in [3.63, 3.8) is 0 Å². The van der Waals surface area contributed by atoms with Crippen molar-refractivity contribution in [2.75, 3.05) is 18.6 Å². The first-order valence-electron chi connectivity index (χ1n) is 11.8. The first-order chi connectivity index (χ1) is 17.8. The maximum absolute atomic E-state index is 13.0. The van der Waals surface area contributed by atoms with Crippen molar-refractivity contribution in [3.05, 3.63) is 52.4 Å². The number of carbonyl (C=O) groups is 3. The fraction of sp³-hybridized carbons (Fsp3) is 0.417. The van der Waals surface area contributed by atoms with Gasteiger partial charge in [0.05, 0.1) is 11.7 Å². The van der Waals surface area contributed by atoms with Gasteiger partial charge < -0.3 is 25.8 Å². The van der Waals surface area contributed by atoms with E-state index in [1.807, 2.05) is 29.1 Å². The molecule has 1 fully saturated rings. The molecule has 0 unspecified atom stereocenters. The summed E-state index contributed by atoms with van der Waals surface area (Å²) in [5, 5.41) is 19.7. The summed E-state index contributed by atoms with van der Waals surface area (Å²) in [4.78, 5) is 48.0. The molecule has 1 saturated heterocycles. The van der Waals surface area contributed by atoms with Crippen molar-refractivity contribution in [1.29, 1.82) is 0 Å². The van der Waals surface area contributed by atoms with Crippen LogP contribution < -0.4 is 20.7 Å². The van der Waals surface area contributed by atoms with E-state index in [2.05, 4.69) is 29.3 Å². The van der Waals surface area contributed by atoms with Gasteiger partial charge in [-0.2, -0.15) is 0 Å². The van der Waals surface area contributed by atoms with E-state index in [9.17, 15) is 19.5 Å². The van der Waals surface area contributed by atoms with E-state index in [0.29, 0.717) is 23.8 Å². The van der Waals surface area contributed by atoms with E-state index < -0.39 is 29.2 Å². The molecule has 0 aromatic carbocycles. The fourth-order valence-corrected chi connectivity index (χ4v) is 6.40. The number of β-lactam (4-membered cyclic amide) rings is 1. The number of nitrogens with one attached hydrogen (secondary N) is 1. The van der Waals surface area contributed by atoms with Gasteiger partial charge in [-0.25, -0.2) is 9.55 Å². The third kappa shape index (κ3) is 5.32. The second-order valence-corrected chi connectivity index (χ2v) is 10.6. The van der Waals surface area contributed by atoms with Gasteiger partial charge >= 0.3 is 0 Å². The van der Waals surface area contributed by atoms with Crippen LogP contribution in [0.15, 0.2) is 46.3 Å². The SMILES string of the molecule is CCC(CC)c1cc[n+](CC2=C(C(=O)[O-])N3C(=O)[C@@H](NC(=O)/C(=N\OC)c4csc(N)n4)[C@H]3SC2)cc1. The molecule has 2 amide bonds. The number of carboxylic acids is 1. The number of thioether (sulfide) groups is 1. The van der Waals surface area contributed by atoms with Crippen molar-refractivity contribution in [2.45, 2.75) is 50.6 Å². The van der Waals surface area contributed by atoms with Crippen molar-refractivity contribution in [3.8, 4) is 0 Å². The summed E-state index contributed by atoms with van der Waals surface area (Å²) in [6.07, 6.45) is 5.94. The topological polar surface area (TPSA) is 154 Å². The molecule has 2 atom stereocenters. The molecular formula is C24H28N6O5S2. The zero-order chi connectivity index (χ0) is 26.7. The van der Waals surface area contributed by atoms with Gasteiger partial charge in [0.15, 0.2) is 29.8 Å². The number of hydrogen-bond donors (Lipinski definition) is 2. The van der Waals surface area contributed by atoms with Crippen LogP contribution >= 0.6 is 23.1 Å². The van der Waals surface area contributed by atoms with E-state index in [1.165, 1.54) is 29.3 Å². The molecular weight excluding hydrogens is 516 g/mol. The first kappa shape index (κ1) is 26.6. The number of aliphatic carboxylic acids is 1. The van der Waals surface area contributed by atoms with E-state index in [4.69, 9.17) is 10.6 Å². The predicted molar refractivity (Wildman–Crippen MR) is 137 cm³/mol. The number of nitrogen functional groups attached to an aromatic ring is 1. The van der Waals surface area contributed by atoms with E-state index >= 15 is 0 Å². The Balaban J connectivity index is 1.50. The predicted octanol–water partition coefficient (Wildman–Crippen LogP) is 0.371. The normalized spacial score (nSPS) is 19.5. The van der Waals surface area contributed by atoms with Crippen LogP contribution in [0.25, 0.3) is 0 Å². The van der Waals surface area contributed by atoms with Crippen LogP contribution in [0.1, 0.15) is 43.9 Å². The number of hydrogen-bond acceptors (Lipinski definition) is 10. The molecule has 0 spiro atoms. The number of carboxylic acid groups (broad SMARTS) is 1. The van der Waals surface area contributed by atoms with Gasteiger partial charge in [0.25, 0.3) is 11.8 Å². The standard InChI is InChI=1S/C24H28N6O5S2/c1-4-13(5-2)14-6-8-29(9-7-14)10-15-11-36-22-18(21(32)30(22)19(15)23(33)34)27-20(31)17(28-35-3)16-12-37-24(25)26-16/h6-9,12-13,18,22H,4-5,10-11H2,1-3H3,(H3-,25,26,27,31,33,34)/b28-17-/t18-,22-/m1/s1. The Hall–Kier alpha value is -3.45. The van der Waals surface area contributed by atoms with Crippen LogP contribution in [0.5, 0.6) is 0 Å². The van der Waals surface area contributed by atoms with Gasteiger partial charge in [-0.15, -0.1) is 23.1 Å². The zero-order valence-electron chi connectivity index (χ0n) is 20.7. The van der Waals surface area contributed by atoms with Crippen LogP contribution in [-0.4, -0.2) is 57.7 Å². The zero-order valence-corrected chi connectivity index (χ0v) is 22.3. The Morgan fingerprint density at radius 1 is 1.35 bits per heavy atom. The molecule has 0 aliphatic carbocycles. The number of anilines is 1. The summed E-state index contributed by atoms with van der Waals surface area (Å²) in [5.74, 6) is -1.79. The van der Waals surface area contributed by atoms with Gasteiger partial charge in [-0.3, -0.25) is 14.5 Å². The van der Waals surface area contributed by atoms with Crippen LogP contribution in [0.2, 0.25) is 0 Å². The minimum Gasteiger partial charge on any atom is -0.543 e. The highest BCUT2D eigenvalue weighted by atomic mass is 32.2. The first-order valence-corrected chi connectivity index (χ1v) is 13.7. The summed E-state index contributed by atoms with van der Waals surface area (Å²) in [7, 11) is 1.28. The van der Waals surface area contributed by atoms with Crippen molar-refractivity contribution < 1.29 is 28.9 Å². The minimum atomic E-state index is -1.42. The largest absolute Gasteiger partial charge is 0.543 e. The number of carbonyl (C=O) groups excluding carboxylic acids is 3. The smallest absolute Gasteiger partial charge is 0.276 e. The maximum Gasteiger partial charge on any atom is 0.276 e. The number of aromatic nitrogens is 2. The lowest BCUT2D eigenvalue weighted by Crippen LogP contribution is -2.71. The van der Waals surface area contributed by atoms with Crippen molar-refractivity contribution in [2.24, 2.45) is 5.16 Å². The lowest BCUT2D eigenvalue weighted by molar-refractivity contribution is -0.689. The number of oxime groups is 1. The molecule has 0 saturated carbocycles. The highest BCUT2D eigenvalue weighted by Crippen LogP contribution is 2.40. The number of nitrogens with zero attached hydrogens (tertiary/aromatic N) is 4. The minimum absolute atomic E-state index is 0.132. The second kappa shape index (κ2) is 11.3. The molecule has 2 aliphatic rings. The van der Waals surface area contributed by atoms with E-state index in [0.717, 1.165) is 24.2 Å². The van der Waals surface area contributed by atoms with Gasteiger partial charge in [0, 0.05) is 28.8 Å². The number of nitrogens with two attached hydrogens (primary N) is 1. The monoisotopic (exact) mass is 544 g/mol. The van der Waals surface area contributed by atoms with Crippen molar-refractivity contribution >= 4 is 51.7 Å². The van der Waals surface area contributed by atoms with Crippen molar-refractivity contribution in [1.82, 2.24) is 15.2 Å². The molecule has 37 heavy (non-hydrogen) atoms. The molecule has 3 N–H and O–H groups in total. The molecule has 13 heteroatoms. The summed E-state index contributed by atoms with van der Waals surface area (Å²) in [5.41, 5.74) is 7.40. The van der Waals surface area contributed by atoms with Crippen LogP contribution in [0.3, 0.4) is 0 Å². The quantitative estimate of drug-likeness (QED) is 0.188. The van der Waals surface area contributed by atoms with Crippen LogP contribution in [-0.2, 0) is 25.8 Å². The number of amides is 2. The molecule has 2 aliphatic heterocycles. The van der Waals surface area contributed by atoms with Gasteiger partial charge in [0.2, 0.25) is 0 Å². The van der Waals surface area contributed by atoms with Gasteiger partial charge in [-0.05, 0) is 24.3 Å². The van der Waals surface area contributed by atoms with Crippen LogP contribution in [0, 0.1) is 0 Å². The molecule has 2 aromatic heterocycles. The fourth-order valence-electron chi connectivity index (χ4n) is 4.52. The highest BCUT2D eigenvalue weighted by molar-refractivity contribution is 8.00. The molecule has 0 bridgehead atoms. The van der Waals surface area contributed by atoms with E-state index in [1.54, 1.807) is 5.38 Å². The third-order valence-corrected chi connectivity index (χ3v) is 8.45. The Morgan fingerprint density at radius 3 is 2.62 bits per heavy atom. The lowest BCUT2D eigenvalue weighted by atomic mass is 9.95. The maximum atomic E-state index is 13.0. The number of pyridine rings is 1. The van der Waals surface area contributed by atoms with Crippen LogP contribution in [0.4, 0.5) is 5.13 Å². The third-order valence-electron chi connectivity index (χ3n) is 6.44. The average Bonchev–Trinajstić information content (AvgIpc) is 3.32. The molecule has 196 valence electrons. The summed E-state index contributed by atoms with van der Waals surface area (Å²) in [6, 6.07) is 3.16. The Morgan fingerprint density at radius 2 is 2.05 bits per heavy atom. The number of fused-ring (bicyclic) bond motifs is 1. The van der Waals surface area contributed by atoms with E-state index in [-0.39, 0.29) is 22.2 Å². The summed E-state index contributed by atoms with van der Waals surface area (Å²) < 4.78 is 1.89. The Kier molecular flexibility index (Phi) is 8.13. The highest BCUT2D eigenvalue weighted by Gasteiger charge is 2.53. The summed E-state index contributed by atoms with van der Waals surface area (Å²) in [6.45, 7) is 4.62. The molecule has 0 radical (unpaired) electrons. The lowest BCUT2D eigenvalue weighted by Gasteiger charge is -2.50. The second-order valence-electron chi connectivity index (χ2n) is 8.61. The average molecular weight is 545 g/mol. The molecule has 4 heterocycles. The Bertz CT molecular complexity index is 1250. The number of rotatable bonds is 10. The Labute approximate surface area is 222 Å². The van der Waals surface area contributed by atoms with Gasteiger partial charge in [-0.1, -0.05) is 19.0 Å². The molecule has 4 rings (SSSR count). The van der Waals surface area contributed by atoms with Gasteiger partial charge in [0.1, 0.15) is 24.2 Å². The summed E-state index contributed by atoms with van der Waals surface area (Å²) >= 11 is 2.51. The number of thiazole rings is 1.